The van der Waals surface area contributed by atoms with Crippen molar-refractivity contribution in [2.75, 3.05) is 19.6 Å². The van der Waals surface area contributed by atoms with E-state index in [1.807, 2.05) is 37.3 Å². The summed E-state index contributed by atoms with van der Waals surface area (Å²) in [6, 6.07) is 15.6. The van der Waals surface area contributed by atoms with E-state index in [9.17, 15) is 13.2 Å². The van der Waals surface area contributed by atoms with Crippen LogP contribution in [0.15, 0.2) is 59.5 Å². The number of carbonyl (C=O) groups excluding carboxylic acids is 1. The number of halogens is 1. The van der Waals surface area contributed by atoms with Gasteiger partial charge in [-0.15, -0.1) is 0 Å². The molecule has 0 heterocycles. The molecular weight excluding hydrogens is 384 g/mol. The highest BCUT2D eigenvalue weighted by Gasteiger charge is 2.26. The Labute approximate surface area is 166 Å². The Morgan fingerprint density at radius 1 is 1.07 bits per heavy atom. The van der Waals surface area contributed by atoms with Gasteiger partial charge in [0.25, 0.3) is 0 Å². The standard InChI is InChI=1S/C20H25ClN2O3S/c1-2-3-14-22-20(24)16-23(15-13-17-7-5-4-6-8-17)27(25,26)19-11-9-18(21)10-12-19/h4-12H,2-3,13-16H2,1H3,(H,22,24). The fraction of sp³-hybridized carbons (Fsp3) is 0.350. The second-order valence-corrected chi connectivity index (χ2v) is 8.61. The molecule has 0 unspecified atom stereocenters. The van der Waals surface area contributed by atoms with Crippen LogP contribution < -0.4 is 5.32 Å². The Balaban J connectivity index is 2.16. The van der Waals surface area contributed by atoms with Crippen molar-refractivity contribution in [1.82, 2.24) is 9.62 Å². The van der Waals surface area contributed by atoms with Gasteiger partial charge in [-0.05, 0) is 42.7 Å². The summed E-state index contributed by atoms with van der Waals surface area (Å²) in [5, 5.41) is 3.24. The molecule has 0 saturated heterocycles. The van der Waals surface area contributed by atoms with Crippen LogP contribution in [0.3, 0.4) is 0 Å². The lowest BCUT2D eigenvalue weighted by Gasteiger charge is -2.22. The van der Waals surface area contributed by atoms with Gasteiger partial charge in [0, 0.05) is 18.1 Å². The molecule has 2 aromatic rings. The summed E-state index contributed by atoms with van der Waals surface area (Å²) in [7, 11) is -3.80. The third-order valence-corrected chi connectivity index (χ3v) is 6.23. The maximum atomic E-state index is 13.0. The molecule has 0 bridgehead atoms. The van der Waals surface area contributed by atoms with Gasteiger partial charge in [0.2, 0.25) is 15.9 Å². The third-order valence-electron chi connectivity index (χ3n) is 4.12. The number of benzene rings is 2. The molecular formula is C20H25ClN2O3S. The predicted molar refractivity (Wildman–Crippen MR) is 108 cm³/mol. The lowest BCUT2D eigenvalue weighted by atomic mass is 10.1. The number of amides is 1. The fourth-order valence-corrected chi connectivity index (χ4v) is 4.08. The molecule has 0 fully saturated rings. The summed E-state index contributed by atoms with van der Waals surface area (Å²) in [4.78, 5) is 12.4. The first-order valence-corrected chi connectivity index (χ1v) is 10.8. The Bertz CT molecular complexity index is 824. The summed E-state index contributed by atoms with van der Waals surface area (Å²) >= 11 is 5.87. The molecule has 0 saturated carbocycles. The molecule has 0 aliphatic carbocycles. The van der Waals surface area contributed by atoms with Crippen LogP contribution in [-0.2, 0) is 21.2 Å². The van der Waals surface area contributed by atoms with E-state index >= 15 is 0 Å². The molecule has 0 aromatic heterocycles. The van der Waals surface area contributed by atoms with Crippen LogP contribution in [0.1, 0.15) is 25.3 Å². The van der Waals surface area contributed by atoms with Gasteiger partial charge in [-0.2, -0.15) is 4.31 Å². The molecule has 27 heavy (non-hydrogen) atoms. The van der Waals surface area contributed by atoms with Crippen molar-refractivity contribution in [3.05, 3.63) is 65.2 Å². The lowest BCUT2D eigenvalue weighted by molar-refractivity contribution is -0.121. The molecule has 0 spiro atoms. The zero-order chi connectivity index (χ0) is 19.7. The van der Waals surface area contributed by atoms with Gasteiger partial charge in [0.15, 0.2) is 0 Å². The predicted octanol–water partition coefficient (Wildman–Crippen LogP) is 3.49. The van der Waals surface area contributed by atoms with Crippen molar-refractivity contribution in [2.45, 2.75) is 31.1 Å². The van der Waals surface area contributed by atoms with Crippen LogP contribution in [0.5, 0.6) is 0 Å². The van der Waals surface area contributed by atoms with Gasteiger partial charge in [-0.1, -0.05) is 55.3 Å². The Morgan fingerprint density at radius 3 is 2.37 bits per heavy atom. The van der Waals surface area contributed by atoms with E-state index < -0.39 is 10.0 Å². The minimum Gasteiger partial charge on any atom is -0.355 e. The number of rotatable bonds is 10. The minimum atomic E-state index is -3.80. The number of sulfonamides is 1. The van der Waals surface area contributed by atoms with Crippen molar-refractivity contribution in [2.24, 2.45) is 0 Å². The highest BCUT2D eigenvalue weighted by Crippen LogP contribution is 2.19. The van der Waals surface area contributed by atoms with Crippen LogP contribution in [0.25, 0.3) is 0 Å². The Hall–Kier alpha value is -1.89. The van der Waals surface area contributed by atoms with Crippen molar-refractivity contribution < 1.29 is 13.2 Å². The van der Waals surface area contributed by atoms with Crippen LogP contribution in [-0.4, -0.2) is 38.3 Å². The second kappa shape index (κ2) is 10.4. The largest absolute Gasteiger partial charge is 0.355 e. The fourth-order valence-electron chi connectivity index (χ4n) is 2.56. The first kappa shape index (κ1) is 21.4. The van der Waals surface area contributed by atoms with E-state index in [2.05, 4.69) is 5.32 Å². The van der Waals surface area contributed by atoms with Gasteiger partial charge in [0.05, 0.1) is 11.4 Å². The third kappa shape index (κ3) is 6.65. The Morgan fingerprint density at radius 2 is 1.74 bits per heavy atom. The quantitative estimate of drug-likeness (QED) is 0.612. The summed E-state index contributed by atoms with van der Waals surface area (Å²) in [5.41, 5.74) is 1.01. The number of hydrogen-bond donors (Lipinski definition) is 1. The molecule has 5 nitrogen and oxygen atoms in total. The first-order valence-electron chi connectivity index (χ1n) is 9.00. The molecule has 0 radical (unpaired) electrons. The van der Waals surface area contributed by atoms with Gasteiger partial charge < -0.3 is 5.32 Å². The van der Waals surface area contributed by atoms with E-state index in [-0.39, 0.29) is 23.9 Å². The Kier molecular flexibility index (Phi) is 8.28. The average molecular weight is 409 g/mol. The number of hydrogen-bond acceptors (Lipinski definition) is 3. The molecule has 0 aliphatic rings. The van der Waals surface area contributed by atoms with Crippen LogP contribution >= 0.6 is 11.6 Å². The summed E-state index contributed by atoms with van der Waals surface area (Å²) < 4.78 is 27.3. The van der Waals surface area contributed by atoms with Crippen molar-refractivity contribution in [1.29, 1.82) is 0 Å². The van der Waals surface area contributed by atoms with E-state index in [0.717, 1.165) is 18.4 Å². The van der Waals surface area contributed by atoms with E-state index in [0.29, 0.717) is 18.0 Å². The number of nitrogens with zero attached hydrogens (tertiary/aromatic N) is 1. The highest BCUT2D eigenvalue weighted by atomic mass is 35.5. The van der Waals surface area contributed by atoms with Gasteiger partial charge in [0.1, 0.15) is 0 Å². The maximum absolute atomic E-state index is 13.0. The molecule has 2 rings (SSSR count). The second-order valence-electron chi connectivity index (χ2n) is 6.23. The summed E-state index contributed by atoms with van der Waals surface area (Å²) in [5.74, 6) is -0.297. The van der Waals surface area contributed by atoms with E-state index in [4.69, 9.17) is 11.6 Å². The molecule has 2 aromatic carbocycles. The smallest absolute Gasteiger partial charge is 0.243 e. The van der Waals surface area contributed by atoms with Crippen molar-refractivity contribution in [3.8, 4) is 0 Å². The van der Waals surface area contributed by atoms with Gasteiger partial charge >= 0.3 is 0 Å². The zero-order valence-corrected chi connectivity index (χ0v) is 17.0. The maximum Gasteiger partial charge on any atom is 0.243 e. The number of unbranched alkanes of at least 4 members (excludes halogenated alkanes) is 1. The highest BCUT2D eigenvalue weighted by molar-refractivity contribution is 7.89. The van der Waals surface area contributed by atoms with E-state index in [1.54, 1.807) is 0 Å². The van der Waals surface area contributed by atoms with Crippen LogP contribution in [0.4, 0.5) is 0 Å². The molecule has 7 heteroatoms. The van der Waals surface area contributed by atoms with Crippen molar-refractivity contribution >= 4 is 27.5 Å². The first-order chi connectivity index (χ1) is 12.9. The number of nitrogens with one attached hydrogen (secondary N) is 1. The molecule has 0 atom stereocenters. The van der Waals surface area contributed by atoms with E-state index in [1.165, 1.54) is 28.6 Å². The molecule has 146 valence electrons. The SMILES string of the molecule is CCCCNC(=O)CN(CCc1ccccc1)S(=O)(=O)c1ccc(Cl)cc1. The van der Waals surface area contributed by atoms with Crippen LogP contribution in [0, 0.1) is 0 Å². The lowest BCUT2D eigenvalue weighted by Crippen LogP contribution is -2.41. The topological polar surface area (TPSA) is 66.5 Å². The monoisotopic (exact) mass is 408 g/mol. The van der Waals surface area contributed by atoms with Gasteiger partial charge in [-0.25, -0.2) is 8.42 Å². The summed E-state index contributed by atoms with van der Waals surface area (Å²) in [6.45, 7) is 2.59. The minimum absolute atomic E-state index is 0.126. The summed E-state index contributed by atoms with van der Waals surface area (Å²) in [6.07, 6.45) is 2.34. The molecule has 1 N–H and O–H groups in total. The van der Waals surface area contributed by atoms with Crippen LogP contribution in [0.2, 0.25) is 5.02 Å². The zero-order valence-electron chi connectivity index (χ0n) is 15.4. The average Bonchev–Trinajstić information content (AvgIpc) is 2.66. The molecule has 1 amide bonds. The van der Waals surface area contributed by atoms with Crippen molar-refractivity contribution in [3.63, 3.8) is 0 Å². The number of carbonyl (C=O) groups is 1. The van der Waals surface area contributed by atoms with Gasteiger partial charge in [-0.3, -0.25) is 4.79 Å². The molecule has 0 aliphatic heterocycles. The normalized spacial score (nSPS) is 11.5.